The number of hydrogen-bond acceptors (Lipinski definition) is 4. The van der Waals surface area contributed by atoms with Crippen LogP contribution in [0.3, 0.4) is 0 Å². The SMILES string of the molecule is CC(=O)NCCN(CC(=O)N(C1CC1)C(C)C1CC1)C(C)C(=O)O. The highest BCUT2D eigenvalue weighted by atomic mass is 16.4. The van der Waals surface area contributed by atoms with Crippen molar-refractivity contribution in [2.24, 2.45) is 5.92 Å². The average molecular weight is 339 g/mol. The minimum atomic E-state index is -0.959. The van der Waals surface area contributed by atoms with E-state index < -0.39 is 12.0 Å². The van der Waals surface area contributed by atoms with E-state index in [0.29, 0.717) is 25.0 Å². The highest BCUT2D eigenvalue weighted by Gasteiger charge is 2.42. The highest BCUT2D eigenvalue weighted by Crippen LogP contribution is 2.39. The maximum Gasteiger partial charge on any atom is 0.320 e. The summed E-state index contributed by atoms with van der Waals surface area (Å²) in [7, 11) is 0. The first-order valence-corrected chi connectivity index (χ1v) is 8.83. The first-order chi connectivity index (χ1) is 11.3. The predicted molar refractivity (Wildman–Crippen MR) is 89.4 cm³/mol. The summed E-state index contributed by atoms with van der Waals surface area (Å²) in [6.45, 7) is 5.87. The minimum Gasteiger partial charge on any atom is -0.480 e. The molecule has 2 rings (SSSR count). The Morgan fingerprint density at radius 2 is 1.79 bits per heavy atom. The molecule has 2 aliphatic carbocycles. The van der Waals surface area contributed by atoms with Crippen molar-refractivity contribution in [1.82, 2.24) is 15.1 Å². The molecule has 2 fully saturated rings. The van der Waals surface area contributed by atoms with Gasteiger partial charge in [0.05, 0.1) is 6.54 Å². The quantitative estimate of drug-likeness (QED) is 0.611. The molecule has 0 aromatic rings. The molecular formula is C17H29N3O4. The molecule has 0 aliphatic heterocycles. The summed E-state index contributed by atoms with van der Waals surface area (Å²) in [5, 5.41) is 11.9. The van der Waals surface area contributed by atoms with E-state index in [1.807, 2.05) is 4.90 Å². The Morgan fingerprint density at radius 1 is 1.17 bits per heavy atom. The smallest absolute Gasteiger partial charge is 0.320 e. The summed E-state index contributed by atoms with van der Waals surface area (Å²) >= 11 is 0. The van der Waals surface area contributed by atoms with Gasteiger partial charge in [-0.1, -0.05) is 0 Å². The fraction of sp³-hybridized carbons (Fsp3) is 0.824. The number of carbonyl (C=O) groups is 3. The number of hydrogen-bond donors (Lipinski definition) is 2. The van der Waals surface area contributed by atoms with Crippen LogP contribution in [-0.2, 0) is 14.4 Å². The maximum atomic E-state index is 12.8. The number of nitrogens with zero attached hydrogens (tertiary/aromatic N) is 2. The molecule has 0 aromatic heterocycles. The standard InChI is InChI=1S/C17H29N3O4/c1-11(14-4-5-14)20(15-6-7-15)16(22)10-19(12(2)17(23)24)9-8-18-13(3)21/h11-12,14-15H,4-10H2,1-3H3,(H,18,21)(H,23,24). The van der Waals surface area contributed by atoms with Gasteiger partial charge in [-0.3, -0.25) is 19.3 Å². The van der Waals surface area contributed by atoms with E-state index in [1.165, 1.54) is 19.8 Å². The van der Waals surface area contributed by atoms with Crippen LogP contribution in [0.5, 0.6) is 0 Å². The van der Waals surface area contributed by atoms with Crippen LogP contribution >= 0.6 is 0 Å². The third kappa shape index (κ3) is 5.19. The van der Waals surface area contributed by atoms with Gasteiger partial charge in [0.1, 0.15) is 6.04 Å². The molecule has 0 heterocycles. The zero-order chi connectivity index (χ0) is 17.9. The van der Waals surface area contributed by atoms with E-state index in [2.05, 4.69) is 12.2 Å². The second-order valence-corrected chi connectivity index (χ2v) is 7.08. The largest absolute Gasteiger partial charge is 0.480 e. The first-order valence-electron chi connectivity index (χ1n) is 8.83. The molecule has 0 aromatic carbocycles. The third-order valence-corrected chi connectivity index (χ3v) is 4.99. The van der Waals surface area contributed by atoms with Crippen LogP contribution < -0.4 is 5.32 Å². The molecule has 7 heteroatoms. The third-order valence-electron chi connectivity index (χ3n) is 4.99. The van der Waals surface area contributed by atoms with Crippen LogP contribution in [0.1, 0.15) is 46.5 Å². The second-order valence-electron chi connectivity index (χ2n) is 7.08. The zero-order valence-electron chi connectivity index (χ0n) is 14.8. The molecule has 0 bridgehead atoms. The molecule has 2 saturated carbocycles. The minimum absolute atomic E-state index is 0.00725. The maximum absolute atomic E-state index is 12.8. The Bertz CT molecular complexity index is 488. The predicted octanol–water partition coefficient (Wildman–Crippen LogP) is 0.687. The number of carboxylic acid groups (broad SMARTS) is 1. The Labute approximate surface area is 143 Å². The molecule has 7 nitrogen and oxygen atoms in total. The molecule has 2 amide bonds. The molecule has 0 spiro atoms. The van der Waals surface area contributed by atoms with Crippen molar-refractivity contribution in [3.05, 3.63) is 0 Å². The Kier molecular flexibility index (Phi) is 6.21. The van der Waals surface area contributed by atoms with E-state index in [1.54, 1.807) is 11.8 Å². The normalized spacial score (nSPS) is 19.7. The van der Waals surface area contributed by atoms with Crippen molar-refractivity contribution in [2.45, 2.75) is 64.6 Å². The van der Waals surface area contributed by atoms with Crippen molar-refractivity contribution in [1.29, 1.82) is 0 Å². The molecule has 2 N–H and O–H groups in total. The summed E-state index contributed by atoms with van der Waals surface area (Å²) in [5.41, 5.74) is 0. The van der Waals surface area contributed by atoms with Crippen LogP contribution in [0, 0.1) is 5.92 Å². The highest BCUT2D eigenvalue weighted by molar-refractivity contribution is 5.81. The lowest BCUT2D eigenvalue weighted by molar-refractivity contribution is -0.144. The molecule has 2 atom stereocenters. The van der Waals surface area contributed by atoms with E-state index in [-0.39, 0.29) is 24.4 Å². The molecule has 2 unspecified atom stereocenters. The number of aliphatic carboxylic acids is 1. The van der Waals surface area contributed by atoms with E-state index in [0.717, 1.165) is 12.8 Å². The van der Waals surface area contributed by atoms with Crippen LogP contribution in [0.2, 0.25) is 0 Å². The second kappa shape index (κ2) is 7.96. The van der Waals surface area contributed by atoms with Crippen molar-refractivity contribution in [2.75, 3.05) is 19.6 Å². The molecule has 136 valence electrons. The van der Waals surface area contributed by atoms with Crippen molar-refractivity contribution in [3.63, 3.8) is 0 Å². The van der Waals surface area contributed by atoms with Gasteiger partial charge < -0.3 is 15.3 Å². The van der Waals surface area contributed by atoms with Gasteiger partial charge in [-0.05, 0) is 45.4 Å². The van der Waals surface area contributed by atoms with Gasteiger partial charge in [-0.2, -0.15) is 0 Å². The fourth-order valence-electron chi connectivity index (χ4n) is 3.12. The summed E-state index contributed by atoms with van der Waals surface area (Å²) in [6.07, 6.45) is 4.44. The number of rotatable bonds is 10. The van der Waals surface area contributed by atoms with Crippen LogP contribution in [0.15, 0.2) is 0 Å². The lowest BCUT2D eigenvalue weighted by Gasteiger charge is -2.33. The van der Waals surface area contributed by atoms with Gasteiger partial charge in [-0.15, -0.1) is 0 Å². The number of carboxylic acids is 1. The monoisotopic (exact) mass is 339 g/mol. The van der Waals surface area contributed by atoms with E-state index in [9.17, 15) is 19.5 Å². The van der Waals surface area contributed by atoms with Crippen molar-refractivity contribution < 1.29 is 19.5 Å². The summed E-state index contributed by atoms with van der Waals surface area (Å²) in [4.78, 5) is 38.8. The molecular weight excluding hydrogens is 310 g/mol. The molecule has 0 radical (unpaired) electrons. The van der Waals surface area contributed by atoms with Crippen LogP contribution in [-0.4, -0.2) is 70.4 Å². The number of nitrogens with one attached hydrogen (secondary N) is 1. The topological polar surface area (TPSA) is 90.0 Å². The van der Waals surface area contributed by atoms with Gasteiger partial charge in [-0.25, -0.2) is 0 Å². The zero-order valence-corrected chi connectivity index (χ0v) is 14.8. The summed E-state index contributed by atoms with van der Waals surface area (Å²) < 4.78 is 0. The Morgan fingerprint density at radius 3 is 2.25 bits per heavy atom. The first kappa shape index (κ1) is 18.7. The van der Waals surface area contributed by atoms with Crippen LogP contribution in [0.4, 0.5) is 0 Å². The number of carbonyl (C=O) groups excluding carboxylic acids is 2. The average Bonchev–Trinajstić information content (AvgIpc) is 3.37. The van der Waals surface area contributed by atoms with Crippen molar-refractivity contribution in [3.8, 4) is 0 Å². The van der Waals surface area contributed by atoms with Crippen LogP contribution in [0.25, 0.3) is 0 Å². The van der Waals surface area contributed by atoms with Gasteiger partial charge >= 0.3 is 5.97 Å². The van der Waals surface area contributed by atoms with E-state index >= 15 is 0 Å². The molecule has 24 heavy (non-hydrogen) atoms. The lowest BCUT2D eigenvalue weighted by atomic mass is 10.1. The van der Waals surface area contributed by atoms with Crippen molar-refractivity contribution >= 4 is 17.8 Å². The molecule has 0 saturated heterocycles. The van der Waals surface area contributed by atoms with Gasteiger partial charge in [0.25, 0.3) is 0 Å². The lowest BCUT2D eigenvalue weighted by Crippen LogP contribution is -2.51. The Balaban J connectivity index is 1.98. The fourth-order valence-corrected chi connectivity index (χ4v) is 3.12. The van der Waals surface area contributed by atoms with Gasteiger partial charge in [0.2, 0.25) is 11.8 Å². The number of amides is 2. The summed E-state index contributed by atoms with van der Waals surface area (Å²) in [6, 6.07) is -0.201. The van der Waals surface area contributed by atoms with E-state index in [4.69, 9.17) is 0 Å². The van der Waals surface area contributed by atoms with Gasteiger partial charge in [0, 0.05) is 32.1 Å². The molecule has 2 aliphatic rings. The van der Waals surface area contributed by atoms with Gasteiger partial charge in [0.15, 0.2) is 0 Å². The summed E-state index contributed by atoms with van der Waals surface area (Å²) in [5.74, 6) is -0.517. The Hall–Kier alpha value is -1.63.